The van der Waals surface area contributed by atoms with Crippen LogP contribution in [0.25, 0.3) is 0 Å². The zero-order chi connectivity index (χ0) is 18.6. The van der Waals surface area contributed by atoms with Crippen LogP contribution in [-0.4, -0.2) is 25.6 Å². The minimum absolute atomic E-state index is 0.200. The van der Waals surface area contributed by atoms with Crippen LogP contribution in [0.5, 0.6) is 11.5 Å². The topological polar surface area (TPSA) is 85.4 Å². The molecular formula is C16H16F2N2O4S. The van der Waals surface area contributed by atoms with Gasteiger partial charge in [0.1, 0.15) is 11.6 Å². The van der Waals surface area contributed by atoms with Crippen molar-refractivity contribution in [3.63, 3.8) is 0 Å². The summed E-state index contributed by atoms with van der Waals surface area (Å²) in [6.45, 7) is 2.01. The number of hydrogen-bond acceptors (Lipinski definition) is 5. The second kappa shape index (κ2) is 7.56. The summed E-state index contributed by atoms with van der Waals surface area (Å²) in [5.74, 6) is -3.65. The summed E-state index contributed by atoms with van der Waals surface area (Å²) in [5.41, 5.74) is 0.0981. The van der Waals surface area contributed by atoms with Gasteiger partial charge in [0.25, 0.3) is 5.91 Å². The Kier molecular flexibility index (Phi) is 5.68. The molecule has 9 heteroatoms. The van der Waals surface area contributed by atoms with Gasteiger partial charge in [-0.05, 0) is 24.6 Å². The Balaban J connectivity index is 2.23. The van der Waals surface area contributed by atoms with Crippen molar-refractivity contribution in [1.29, 1.82) is 0 Å². The van der Waals surface area contributed by atoms with Crippen molar-refractivity contribution in [2.75, 3.05) is 6.26 Å². The molecule has 2 rings (SSSR count). The number of amides is 1. The van der Waals surface area contributed by atoms with E-state index < -0.39 is 38.9 Å². The van der Waals surface area contributed by atoms with Crippen LogP contribution in [-0.2, 0) is 16.4 Å². The lowest BCUT2D eigenvalue weighted by atomic mass is 10.2. The van der Waals surface area contributed by atoms with E-state index in [0.717, 1.165) is 24.8 Å². The summed E-state index contributed by atoms with van der Waals surface area (Å²) in [6, 6.07) is 4.52. The SMILES string of the molecule is CCCc1ccc(Oc2cc(F)c(C(=O)NS(C)(=O)=O)cc2F)cn1. The average Bonchev–Trinajstić information content (AvgIpc) is 2.51. The first kappa shape index (κ1) is 18.8. The Labute approximate surface area is 143 Å². The van der Waals surface area contributed by atoms with Gasteiger partial charge in [0.15, 0.2) is 11.6 Å². The minimum Gasteiger partial charge on any atom is -0.453 e. The fourth-order valence-electron chi connectivity index (χ4n) is 2.01. The van der Waals surface area contributed by atoms with E-state index in [-0.39, 0.29) is 5.75 Å². The third kappa shape index (κ3) is 5.21. The first-order valence-electron chi connectivity index (χ1n) is 7.33. The summed E-state index contributed by atoms with van der Waals surface area (Å²) < 4.78 is 56.9. The number of pyridine rings is 1. The number of rotatable bonds is 6. The van der Waals surface area contributed by atoms with Crippen molar-refractivity contribution in [2.24, 2.45) is 0 Å². The fraction of sp³-hybridized carbons (Fsp3) is 0.250. The number of aryl methyl sites for hydroxylation is 1. The smallest absolute Gasteiger partial charge is 0.267 e. The van der Waals surface area contributed by atoms with Crippen LogP contribution in [0.1, 0.15) is 29.4 Å². The van der Waals surface area contributed by atoms with Gasteiger partial charge in [-0.2, -0.15) is 0 Å². The molecule has 6 nitrogen and oxygen atoms in total. The van der Waals surface area contributed by atoms with E-state index in [4.69, 9.17) is 4.74 Å². The molecule has 0 aliphatic carbocycles. The maximum atomic E-state index is 14.1. The standard InChI is InChI=1S/C16H16F2N2O4S/c1-3-4-10-5-6-11(9-19-10)24-15-8-13(17)12(7-14(15)18)16(21)20-25(2,22)23/h5-9H,3-4H2,1-2H3,(H,20,21). The van der Waals surface area contributed by atoms with Gasteiger partial charge in [0.2, 0.25) is 10.0 Å². The molecule has 1 aromatic carbocycles. The van der Waals surface area contributed by atoms with Crippen LogP contribution in [0.3, 0.4) is 0 Å². The van der Waals surface area contributed by atoms with E-state index in [1.54, 1.807) is 16.9 Å². The zero-order valence-electron chi connectivity index (χ0n) is 13.5. The van der Waals surface area contributed by atoms with Crippen molar-refractivity contribution in [2.45, 2.75) is 19.8 Å². The molecule has 1 amide bonds. The number of benzene rings is 1. The van der Waals surface area contributed by atoms with Gasteiger partial charge in [-0.25, -0.2) is 21.9 Å². The summed E-state index contributed by atoms with van der Waals surface area (Å²) in [4.78, 5) is 15.8. The molecule has 0 aliphatic heterocycles. The Bertz CT molecular complexity index is 884. The van der Waals surface area contributed by atoms with E-state index in [0.29, 0.717) is 12.1 Å². The van der Waals surface area contributed by atoms with Gasteiger partial charge >= 0.3 is 0 Å². The highest BCUT2D eigenvalue weighted by Gasteiger charge is 2.19. The Hall–Kier alpha value is -2.55. The number of nitrogens with zero attached hydrogens (tertiary/aromatic N) is 1. The highest BCUT2D eigenvalue weighted by Crippen LogP contribution is 2.27. The highest BCUT2D eigenvalue weighted by molar-refractivity contribution is 7.89. The Morgan fingerprint density at radius 3 is 2.52 bits per heavy atom. The van der Waals surface area contributed by atoms with Gasteiger partial charge in [0, 0.05) is 11.8 Å². The molecule has 0 aliphatic rings. The average molecular weight is 370 g/mol. The third-order valence-electron chi connectivity index (χ3n) is 3.08. The molecule has 0 saturated carbocycles. The molecule has 2 aromatic rings. The van der Waals surface area contributed by atoms with Gasteiger partial charge in [-0.1, -0.05) is 13.3 Å². The van der Waals surface area contributed by atoms with Gasteiger partial charge < -0.3 is 4.74 Å². The molecule has 0 saturated heterocycles. The monoisotopic (exact) mass is 370 g/mol. The van der Waals surface area contributed by atoms with Crippen LogP contribution < -0.4 is 9.46 Å². The number of halogens is 2. The molecule has 134 valence electrons. The normalized spacial score (nSPS) is 11.2. The molecule has 0 bridgehead atoms. The van der Waals surface area contributed by atoms with E-state index >= 15 is 0 Å². The van der Waals surface area contributed by atoms with E-state index in [2.05, 4.69) is 4.98 Å². The van der Waals surface area contributed by atoms with E-state index in [1.165, 1.54) is 6.20 Å². The zero-order valence-corrected chi connectivity index (χ0v) is 14.4. The summed E-state index contributed by atoms with van der Waals surface area (Å²) in [6.07, 6.45) is 3.82. The molecule has 0 radical (unpaired) electrons. The lowest BCUT2D eigenvalue weighted by molar-refractivity contribution is 0.0977. The summed E-state index contributed by atoms with van der Waals surface area (Å²) >= 11 is 0. The first-order valence-corrected chi connectivity index (χ1v) is 9.22. The van der Waals surface area contributed by atoms with Crippen molar-refractivity contribution in [1.82, 2.24) is 9.71 Å². The first-order chi connectivity index (χ1) is 11.7. The van der Waals surface area contributed by atoms with E-state index in [1.807, 2.05) is 6.92 Å². The van der Waals surface area contributed by atoms with Crippen molar-refractivity contribution in [3.8, 4) is 11.5 Å². The molecule has 1 heterocycles. The van der Waals surface area contributed by atoms with Crippen molar-refractivity contribution in [3.05, 3.63) is 53.4 Å². The van der Waals surface area contributed by atoms with Gasteiger partial charge in [-0.15, -0.1) is 0 Å². The number of ether oxygens (including phenoxy) is 1. The molecule has 0 atom stereocenters. The predicted molar refractivity (Wildman–Crippen MR) is 87.0 cm³/mol. The third-order valence-corrected chi connectivity index (χ3v) is 3.63. The van der Waals surface area contributed by atoms with Crippen LogP contribution in [0, 0.1) is 11.6 Å². The maximum absolute atomic E-state index is 14.1. The minimum atomic E-state index is -3.90. The Morgan fingerprint density at radius 1 is 1.24 bits per heavy atom. The van der Waals surface area contributed by atoms with E-state index in [9.17, 15) is 22.0 Å². The highest BCUT2D eigenvalue weighted by atomic mass is 32.2. The van der Waals surface area contributed by atoms with Crippen molar-refractivity contribution >= 4 is 15.9 Å². The van der Waals surface area contributed by atoms with Gasteiger partial charge in [0.05, 0.1) is 18.0 Å². The number of carbonyl (C=O) groups is 1. The predicted octanol–water partition coefficient (Wildman–Crippen LogP) is 2.79. The maximum Gasteiger partial charge on any atom is 0.267 e. The Morgan fingerprint density at radius 2 is 1.96 bits per heavy atom. The molecule has 0 fully saturated rings. The lowest BCUT2D eigenvalue weighted by Gasteiger charge is -2.10. The van der Waals surface area contributed by atoms with Gasteiger partial charge in [-0.3, -0.25) is 9.78 Å². The van der Waals surface area contributed by atoms with Crippen LogP contribution in [0.2, 0.25) is 0 Å². The second-order valence-electron chi connectivity index (χ2n) is 5.30. The number of hydrogen-bond donors (Lipinski definition) is 1. The largest absolute Gasteiger partial charge is 0.453 e. The van der Waals surface area contributed by atoms with Crippen LogP contribution in [0.15, 0.2) is 30.5 Å². The number of nitrogens with one attached hydrogen (secondary N) is 1. The number of carbonyl (C=O) groups excluding carboxylic acids is 1. The molecule has 1 aromatic heterocycles. The van der Waals surface area contributed by atoms with Crippen molar-refractivity contribution < 1.29 is 26.7 Å². The lowest BCUT2D eigenvalue weighted by Crippen LogP contribution is -2.30. The molecule has 1 N–H and O–H groups in total. The molecular weight excluding hydrogens is 354 g/mol. The molecule has 25 heavy (non-hydrogen) atoms. The molecule has 0 unspecified atom stereocenters. The quantitative estimate of drug-likeness (QED) is 0.845. The number of sulfonamides is 1. The summed E-state index contributed by atoms with van der Waals surface area (Å²) in [7, 11) is -3.90. The van der Waals surface area contributed by atoms with Crippen LogP contribution >= 0.6 is 0 Å². The number of aromatic nitrogens is 1. The fourth-order valence-corrected chi connectivity index (χ4v) is 2.45. The molecule has 0 spiro atoms. The second-order valence-corrected chi connectivity index (χ2v) is 7.05. The summed E-state index contributed by atoms with van der Waals surface area (Å²) in [5, 5.41) is 0. The van der Waals surface area contributed by atoms with Crippen LogP contribution in [0.4, 0.5) is 8.78 Å².